The Kier molecular flexibility index (Phi) is 3.69. The molecule has 1 fully saturated rings. The summed E-state index contributed by atoms with van der Waals surface area (Å²) in [4.78, 5) is 4.77. The average Bonchev–Trinajstić information content (AvgIpc) is 2.73. The maximum absolute atomic E-state index is 4.77. The number of fused-ring (bicyclic) bond motifs is 1. The number of imidazole rings is 1. The molecule has 1 aromatic rings. The Morgan fingerprint density at radius 1 is 1.22 bits per heavy atom. The van der Waals surface area contributed by atoms with E-state index in [-0.39, 0.29) is 0 Å². The molecule has 3 heteroatoms. The van der Waals surface area contributed by atoms with Crippen molar-refractivity contribution in [3.63, 3.8) is 0 Å². The third-order valence-corrected chi connectivity index (χ3v) is 4.64. The van der Waals surface area contributed by atoms with E-state index in [1.807, 2.05) is 0 Å². The second-order valence-corrected chi connectivity index (χ2v) is 5.89. The van der Waals surface area contributed by atoms with Gasteiger partial charge in [-0.25, -0.2) is 4.98 Å². The summed E-state index contributed by atoms with van der Waals surface area (Å²) in [5, 5.41) is 3.45. The molecule has 0 unspecified atom stereocenters. The first-order valence-electron chi connectivity index (χ1n) is 7.60. The summed E-state index contributed by atoms with van der Waals surface area (Å²) in [6.07, 6.45) is 9.19. The van der Waals surface area contributed by atoms with Gasteiger partial charge in [-0.2, -0.15) is 0 Å². The monoisotopic (exact) mass is 247 g/mol. The van der Waals surface area contributed by atoms with Gasteiger partial charge in [0.1, 0.15) is 5.82 Å². The van der Waals surface area contributed by atoms with Crippen LogP contribution in [0.3, 0.4) is 0 Å². The maximum Gasteiger partial charge on any atom is 0.106 e. The third-order valence-electron chi connectivity index (χ3n) is 4.64. The number of rotatable bonds is 3. The van der Waals surface area contributed by atoms with E-state index in [9.17, 15) is 0 Å². The first kappa shape index (κ1) is 12.2. The molecule has 0 amide bonds. The third kappa shape index (κ3) is 2.46. The average molecular weight is 247 g/mol. The Bertz CT molecular complexity index is 402. The highest BCUT2D eigenvalue weighted by atomic mass is 15.1. The fourth-order valence-electron chi connectivity index (χ4n) is 3.51. The van der Waals surface area contributed by atoms with Crippen LogP contribution in [0.1, 0.15) is 49.3 Å². The van der Waals surface area contributed by atoms with E-state index in [2.05, 4.69) is 16.8 Å². The summed E-state index contributed by atoms with van der Waals surface area (Å²) in [5.41, 5.74) is 2.94. The quantitative estimate of drug-likeness (QED) is 0.889. The lowest BCUT2D eigenvalue weighted by Gasteiger charge is -2.23. The number of nitrogens with zero attached hydrogens (tertiary/aromatic N) is 2. The summed E-state index contributed by atoms with van der Waals surface area (Å²) in [5.74, 6) is 2.17. The molecule has 1 saturated heterocycles. The lowest BCUT2D eigenvalue weighted by Crippen LogP contribution is -2.28. The van der Waals surface area contributed by atoms with E-state index in [1.54, 1.807) is 5.69 Å². The molecule has 0 spiro atoms. The first-order chi connectivity index (χ1) is 8.84. The van der Waals surface area contributed by atoms with Gasteiger partial charge >= 0.3 is 0 Å². The number of nitrogens with one attached hydrogen (secondary N) is 1. The van der Waals surface area contributed by atoms with Crippen LogP contribution in [0.4, 0.5) is 0 Å². The van der Waals surface area contributed by atoms with Crippen molar-refractivity contribution < 1.29 is 0 Å². The molecule has 0 aromatic carbocycles. The normalized spacial score (nSPS) is 20.9. The van der Waals surface area contributed by atoms with E-state index >= 15 is 0 Å². The molecule has 0 bridgehead atoms. The molecule has 1 aliphatic carbocycles. The van der Waals surface area contributed by atoms with Gasteiger partial charge in [-0.15, -0.1) is 0 Å². The van der Waals surface area contributed by atoms with Crippen LogP contribution in [0.25, 0.3) is 0 Å². The van der Waals surface area contributed by atoms with Gasteiger partial charge in [0.2, 0.25) is 0 Å². The number of piperidine rings is 1. The SMILES string of the molecule is Cc1nc2c(n1CCC1CCNCC1)CCCC2. The molecule has 3 rings (SSSR count). The number of aryl methyl sites for hydroxylation is 2. The number of aromatic nitrogens is 2. The van der Waals surface area contributed by atoms with Gasteiger partial charge in [0.15, 0.2) is 0 Å². The molecule has 2 heterocycles. The van der Waals surface area contributed by atoms with Crippen molar-refractivity contribution in [2.45, 2.75) is 58.4 Å². The highest BCUT2D eigenvalue weighted by Gasteiger charge is 2.19. The van der Waals surface area contributed by atoms with Crippen molar-refractivity contribution in [3.05, 3.63) is 17.2 Å². The summed E-state index contributed by atoms with van der Waals surface area (Å²) < 4.78 is 2.51. The van der Waals surface area contributed by atoms with Crippen LogP contribution in [0.15, 0.2) is 0 Å². The van der Waals surface area contributed by atoms with E-state index in [0.717, 1.165) is 5.92 Å². The van der Waals surface area contributed by atoms with Crippen molar-refractivity contribution in [2.24, 2.45) is 5.92 Å². The van der Waals surface area contributed by atoms with Gasteiger partial charge in [0.25, 0.3) is 0 Å². The fraction of sp³-hybridized carbons (Fsp3) is 0.800. The minimum Gasteiger partial charge on any atom is -0.332 e. The molecule has 0 atom stereocenters. The van der Waals surface area contributed by atoms with Crippen LogP contribution < -0.4 is 5.32 Å². The summed E-state index contributed by atoms with van der Waals surface area (Å²) >= 11 is 0. The predicted molar refractivity (Wildman–Crippen MR) is 73.8 cm³/mol. The van der Waals surface area contributed by atoms with Gasteiger partial charge in [0.05, 0.1) is 5.69 Å². The Morgan fingerprint density at radius 2 is 2.00 bits per heavy atom. The van der Waals surface area contributed by atoms with Crippen molar-refractivity contribution in [1.29, 1.82) is 0 Å². The predicted octanol–water partition coefficient (Wildman–Crippen LogP) is 2.46. The molecule has 2 aliphatic rings. The van der Waals surface area contributed by atoms with Gasteiger partial charge in [-0.05, 0) is 70.9 Å². The van der Waals surface area contributed by atoms with Gasteiger partial charge in [-0.3, -0.25) is 0 Å². The molecule has 1 N–H and O–H groups in total. The lowest BCUT2D eigenvalue weighted by atomic mass is 9.94. The molecular formula is C15H25N3. The van der Waals surface area contributed by atoms with Crippen LogP contribution in [0.5, 0.6) is 0 Å². The minimum absolute atomic E-state index is 0.923. The van der Waals surface area contributed by atoms with Gasteiger partial charge in [-0.1, -0.05) is 0 Å². The fourth-order valence-corrected chi connectivity index (χ4v) is 3.51. The largest absolute Gasteiger partial charge is 0.332 e. The molecule has 3 nitrogen and oxygen atoms in total. The van der Waals surface area contributed by atoms with Crippen molar-refractivity contribution >= 4 is 0 Å². The number of hydrogen-bond acceptors (Lipinski definition) is 2. The van der Waals surface area contributed by atoms with Crippen molar-refractivity contribution in [1.82, 2.24) is 14.9 Å². The molecule has 100 valence electrons. The maximum atomic E-state index is 4.77. The van der Waals surface area contributed by atoms with Crippen LogP contribution in [0.2, 0.25) is 0 Å². The highest BCUT2D eigenvalue weighted by molar-refractivity contribution is 5.19. The zero-order chi connectivity index (χ0) is 12.4. The van der Waals surface area contributed by atoms with E-state index < -0.39 is 0 Å². The van der Waals surface area contributed by atoms with E-state index in [0.29, 0.717) is 0 Å². The zero-order valence-corrected chi connectivity index (χ0v) is 11.5. The van der Waals surface area contributed by atoms with Gasteiger partial charge in [0, 0.05) is 12.2 Å². The molecule has 1 aliphatic heterocycles. The molecule has 0 radical (unpaired) electrons. The second-order valence-electron chi connectivity index (χ2n) is 5.89. The van der Waals surface area contributed by atoms with Crippen LogP contribution in [0, 0.1) is 12.8 Å². The lowest BCUT2D eigenvalue weighted by molar-refractivity contribution is 0.335. The Morgan fingerprint density at radius 3 is 2.83 bits per heavy atom. The summed E-state index contributed by atoms with van der Waals surface area (Å²) in [6, 6.07) is 0. The smallest absolute Gasteiger partial charge is 0.106 e. The van der Waals surface area contributed by atoms with Crippen LogP contribution in [-0.4, -0.2) is 22.6 Å². The van der Waals surface area contributed by atoms with Gasteiger partial charge < -0.3 is 9.88 Å². The molecular weight excluding hydrogens is 222 g/mol. The van der Waals surface area contributed by atoms with Crippen molar-refractivity contribution in [2.75, 3.05) is 13.1 Å². The Hall–Kier alpha value is -0.830. The standard InChI is InChI=1S/C15H25N3/c1-12-17-14-4-2-3-5-15(14)18(12)11-8-13-6-9-16-10-7-13/h13,16H,2-11H2,1H3. The van der Waals surface area contributed by atoms with Crippen LogP contribution >= 0.6 is 0 Å². The van der Waals surface area contributed by atoms with E-state index in [4.69, 9.17) is 4.98 Å². The van der Waals surface area contributed by atoms with Crippen LogP contribution in [-0.2, 0) is 19.4 Å². The van der Waals surface area contributed by atoms with Crippen molar-refractivity contribution in [3.8, 4) is 0 Å². The Balaban J connectivity index is 1.66. The minimum atomic E-state index is 0.923. The number of hydrogen-bond donors (Lipinski definition) is 1. The summed E-state index contributed by atoms with van der Waals surface area (Å²) in [7, 11) is 0. The molecule has 1 aromatic heterocycles. The molecule has 18 heavy (non-hydrogen) atoms. The topological polar surface area (TPSA) is 29.9 Å². The zero-order valence-electron chi connectivity index (χ0n) is 11.5. The first-order valence-corrected chi connectivity index (χ1v) is 7.60. The summed E-state index contributed by atoms with van der Waals surface area (Å²) in [6.45, 7) is 5.80. The highest BCUT2D eigenvalue weighted by Crippen LogP contribution is 2.24. The Labute approximate surface area is 110 Å². The second kappa shape index (κ2) is 5.43. The molecule has 0 saturated carbocycles. The van der Waals surface area contributed by atoms with E-state index in [1.165, 1.54) is 76.1 Å².